The number of allylic oxidation sites excluding steroid dienone is 3. The van der Waals surface area contributed by atoms with Crippen molar-refractivity contribution < 1.29 is 8.42 Å². The van der Waals surface area contributed by atoms with Crippen LogP contribution in [0.15, 0.2) is 52.6 Å². The normalized spacial score (nSPS) is 15.0. The van der Waals surface area contributed by atoms with Gasteiger partial charge in [0.2, 0.25) is 10.0 Å². The summed E-state index contributed by atoms with van der Waals surface area (Å²) < 4.78 is 22.1. The third-order valence-corrected chi connectivity index (χ3v) is 3.51. The number of nitrogens with one attached hydrogen (secondary N) is 2. The molecular formula is C12H15N3O2S. The average molecular weight is 265 g/mol. The lowest BCUT2D eigenvalue weighted by molar-refractivity contribution is 0.598. The molecule has 0 heterocycles. The molecule has 1 aromatic rings. The van der Waals surface area contributed by atoms with Crippen molar-refractivity contribution in [3.05, 3.63) is 47.7 Å². The number of primary sulfonamides is 1. The Hall–Kier alpha value is -1.79. The molecule has 18 heavy (non-hydrogen) atoms. The van der Waals surface area contributed by atoms with Gasteiger partial charge in [-0.1, -0.05) is 11.6 Å². The molecule has 96 valence electrons. The zero-order valence-corrected chi connectivity index (χ0v) is 10.8. The van der Waals surface area contributed by atoms with Crippen LogP contribution < -0.4 is 16.0 Å². The summed E-state index contributed by atoms with van der Waals surface area (Å²) in [6.07, 6.45) is 5.07. The largest absolute Gasteiger partial charge is 0.301 e. The Balaban J connectivity index is 1.99. The second kappa shape index (κ2) is 4.83. The van der Waals surface area contributed by atoms with Gasteiger partial charge in [-0.2, -0.15) is 0 Å². The molecule has 0 amide bonds. The maximum Gasteiger partial charge on any atom is 0.238 e. The Morgan fingerprint density at radius 3 is 2.33 bits per heavy atom. The fourth-order valence-electron chi connectivity index (χ4n) is 1.61. The molecule has 0 aliphatic heterocycles. The van der Waals surface area contributed by atoms with Gasteiger partial charge in [0.1, 0.15) is 0 Å². The minimum absolute atomic E-state index is 0.101. The fourth-order valence-corrected chi connectivity index (χ4v) is 2.13. The van der Waals surface area contributed by atoms with Gasteiger partial charge >= 0.3 is 0 Å². The molecule has 6 heteroatoms. The highest BCUT2D eigenvalue weighted by atomic mass is 32.2. The van der Waals surface area contributed by atoms with Crippen molar-refractivity contribution >= 4 is 15.7 Å². The second-order valence-electron chi connectivity index (χ2n) is 4.17. The van der Waals surface area contributed by atoms with Crippen LogP contribution in [0.1, 0.15) is 13.3 Å². The van der Waals surface area contributed by atoms with E-state index in [0.29, 0.717) is 0 Å². The molecule has 0 atom stereocenters. The van der Waals surface area contributed by atoms with Gasteiger partial charge in [0.05, 0.1) is 16.3 Å². The molecule has 0 saturated carbocycles. The van der Waals surface area contributed by atoms with Gasteiger partial charge in [-0.25, -0.2) is 13.6 Å². The third-order valence-electron chi connectivity index (χ3n) is 2.58. The van der Waals surface area contributed by atoms with E-state index in [-0.39, 0.29) is 4.90 Å². The number of benzene rings is 1. The first kappa shape index (κ1) is 12.7. The van der Waals surface area contributed by atoms with Crippen molar-refractivity contribution in [3.63, 3.8) is 0 Å². The monoisotopic (exact) mass is 265 g/mol. The summed E-state index contributed by atoms with van der Waals surface area (Å²) in [7, 11) is -3.63. The van der Waals surface area contributed by atoms with E-state index in [9.17, 15) is 8.42 Å². The molecule has 0 bridgehead atoms. The van der Waals surface area contributed by atoms with Gasteiger partial charge in [0.15, 0.2) is 0 Å². The molecule has 0 spiro atoms. The lowest BCUT2D eigenvalue weighted by atomic mass is 10.3. The highest BCUT2D eigenvalue weighted by Gasteiger charge is 2.06. The van der Waals surface area contributed by atoms with Crippen molar-refractivity contribution in [2.45, 2.75) is 18.2 Å². The maximum absolute atomic E-state index is 11.1. The van der Waals surface area contributed by atoms with E-state index in [0.717, 1.165) is 17.8 Å². The van der Waals surface area contributed by atoms with E-state index >= 15 is 0 Å². The van der Waals surface area contributed by atoms with Gasteiger partial charge < -0.3 is 10.9 Å². The number of hydrogen-bond acceptors (Lipinski definition) is 4. The summed E-state index contributed by atoms with van der Waals surface area (Å²) in [5.41, 5.74) is 9.09. The second-order valence-corrected chi connectivity index (χ2v) is 5.74. The zero-order valence-electron chi connectivity index (χ0n) is 9.97. The van der Waals surface area contributed by atoms with Gasteiger partial charge in [-0.05, 0) is 43.7 Å². The number of sulfonamides is 1. The predicted octanol–water partition coefficient (Wildman–Crippen LogP) is 1.48. The van der Waals surface area contributed by atoms with E-state index < -0.39 is 10.0 Å². The van der Waals surface area contributed by atoms with Crippen LogP contribution in [-0.2, 0) is 10.0 Å². The fraction of sp³-hybridized carbons (Fsp3) is 0.167. The molecule has 0 radical (unpaired) electrons. The number of rotatable bonds is 4. The Labute approximate surface area is 106 Å². The molecule has 0 saturated heterocycles. The molecule has 1 aromatic carbocycles. The minimum Gasteiger partial charge on any atom is -0.301 e. The van der Waals surface area contributed by atoms with E-state index in [1.54, 1.807) is 12.1 Å². The topological polar surface area (TPSA) is 84.2 Å². The van der Waals surface area contributed by atoms with Gasteiger partial charge in [0, 0.05) is 0 Å². The summed E-state index contributed by atoms with van der Waals surface area (Å²) in [6, 6.07) is 6.23. The van der Waals surface area contributed by atoms with Gasteiger partial charge in [-0.15, -0.1) is 0 Å². The molecule has 1 aliphatic rings. The molecule has 0 fully saturated rings. The molecule has 1 aliphatic carbocycles. The lowest BCUT2D eigenvalue weighted by Crippen LogP contribution is -2.19. The smallest absolute Gasteiger partial charge is 0.238 e. The van der Waals surface area contributed by atoms with Crippen LogP contribution in [0.3, 0.4) is 0 Å². The van der Waals surface area contributed by atoms with E-state index in [4.69, 9.17) is 5.14 Å². The Kier molecular flexibility index (Phi) is 3.40. The Bertz CT molecular complexity index is 601. The standard InChI is InChI=1S/C12H15N3O2S/c1-9-2-3-11(8-9)15-14-10-4-6-12(7-5-10)18(13,16)17/h3-8,14-15H,2H2,1H3,(H2,13,16,17). The van der Waals surface area contributed by atoms with Crippen LogP contribution >= 0.6 is 0 Å². The molecule has 0 aromatic heterocycles. The van der Waals surface area contributed by atoms with Crippen molar-refractivity contribution in [1.82, 2.24) is 5.43 Å². The van der Waals surface area contributed by atoms with Crippen molar-refractivity contribution in [3.8, 4) is 0 Å². The van der Waals surface area contributed by atoms with Crippen LogP contribution in [0.25, 0.3) is 0 Å². The summed E-state index contributed by atoms with van der Waals surface area (Å²) in [4.78, 5) is 0.101. The van der Waals surface area contributed by atoms with Crippen LogP contribution in [0.4, 0.5) is 5.69 Å². The maximum atomic E-state index is 11.1. The molecule has 5 nitrogen and oxygen atoms in total. The quantitative estimate of drug-likeness (QED) is 0.720. The number of anilines is 1. The Morgan fingerprint density at radius 2 is 1.83 bits per heavy atom. The molecule has 4 N–H and O–H groups in total. The molecule has 2 rings (SSSR count). The molecular weight excluding hydrogens is 250 g/mol. The number of nitrogens with two attached hydrogens (primary N) is 1. The van der Waals surface area contributed by atoms with E-state index in [2.05, 4.69) is 23.9 Å². The lowest BCUT2D eigenvalue weighted by Gasteiger charge is -2.09. The van der Waals surface area contributed by atoms with Gasteiger partial charge in [-0.3, -0.25) is 0 Å². The Morgan fingerprint density at radius 1 is 1.17 bits per heavy atom. The van der Waals surface area contributed by atoms with Gasteiger partial charge in [0.25, 0.3) is 0 Å². The average Bonchev–Trinajstić information content (AvgIpc) is 2.72. The van der Waals surface area contributed by atoms with E-state index in [1.165, 1.54) is 17.7 Å². The summed E-state index contributed by atoms with van der Waals surface area (Å²) in [6.45, 7) is 2.06. The highest BCUT2D eigenvalue weighted by molar-refractivity contribution is 7.89. The zero-order chi connectivity index (χ0) is 13.2. The number of hydrogen-bond donors (Lipinski definition) is 3. The van der Waals surface area contributed by atoms with Crippen LogP contribution in [0.5, 0.6) is 0 Å². The predicted molar refractivity (Wildman–Crippen MR) is 71.0 cm³/mol. The summed E-state index contributed by atoms with van der Waals surface area (Å²) in [5.74, 6) is 0. The van der Waals surface area contributed by atoms with Crippen LogP contribution in [0, 0.1) is 0 Å². The number of hydrazine groups is 1. The van der Waals surface area contributed by atoms with Crippen molar-refractivity contribution in [1.29, 1.82) is 0 Å². The van der Waals surface area contributed by atoms with Crippen LogP contribution in [-0.4, -0.2) is 8.42 Å². The third kappa shape index (κ3) is 3.12. The first-order valence-corrected chi connectivity index (χ1v) is 7.02. The summed E-state index contributed by atoms with van der Waals surface area (Å²) >= 11 is 0. The van der Waals surface area contributed by atoms with Crippen LogP contribution in [0.2, 0.25) is 0 Å². The first-order valence-electron chi connectivity index (χ1n) is 5.47. The minimum atomic E-state index is -3.63. The first-order chi connectivity index (χ1) is 8.45. The SMILES string of the molecule is CC1=CC(NNc2ccc(S(N)(=O)=O)cc2)=CC1. The van der Waals surface area contributed by atoms with Crippen molar-refractivity contribution in [2.24, 2.45) is 5.14 Å². The highest BCUT2D eigenvalue weighted by Crippen LogP contribution is 2.15. The molecule has 0 unspecified atom stereocenters. The summed E-state index contributed by atoms with van der Waals surface area (Å²) in [5, 5.41) is 5.01. The van der Waals surface area contributed by atoms with E-state index in [1.807, 2.05) is 6.08 Å². The van der Waals surface area contributed by atoms with Crippen molar-refractivity contribution in [2.75, 3.05) is 5.43 Å².